The van der Waals surface area contributed by atoms with Crippen LogP contribution in [0.25, 0.3) is 10.9 Å². The van der Waals surface area contributed by atoms with Crippen LogP contribution in [0.3, 0.4) is 0 Å². The number of fused-ring (bicyclic) bond motifs is 1. The second-order valence-corrected chi connectivity index (χ2v) is 5.23. The maximum absolute atomic E-state index is 11.4. The van der Waals surface area contributed by atoms with Gasteiger partial charge in [-0.05, 0) is 23.3 Å². The van der Waals surface area contributed by atoms with Crippen LogP contribution in [0.4, 0.5) is 0 Å². The average Bonchev–Trinajstić information content (AvgIpc) is 2.92. The second kappa shape index (κ2) is 6.43. The van der Waals surface area contributed by atoms with Gasteiger partial charge in [-0.25, -0.2) is 0 Å². The molecular weight excluding hydrogens is 276 g/mol. The lowest BCUT2D eigenvalue weighted by Gasteiger charge is -2.03. The lowest BCUT2D eigenvalue weighted by atomic mass is 10.1. The van der Waals surface area contributed by atoms with Gasteiger partial charge in [0.1, 0.15) is 0 Å². The maximum Gasteiger partial charge on any atom is 0.307 e. The number of para-hydroxylation sites is 1. The number of hydrogen-bond donors (Lipinski definition) is 0. The molecule has 0 aliphatic heterocycles. The standard InChI is InChI=1S/C18H18N2O2/c1-22-18(21)8-10-20-13-15(11-14-5-4-9-19-12-14)16-6-2-3-7-17(16)20/h2-7,9,12-13H,8,10-11H2,1H3. The van der Waals surface area contributed by atoms with Crippen molar-refractivity contribution in [1.82, 2.24) is 9.55 Å². The summed E-state index contributed by atoms with van der Waals surface area (Å²) in [6.07, 6.45) is 7.01. The molecule has 0 saturated heterocycles. The highest BCUT2D eigenvalue weighted by Crippen LogP contribution is 2.24. The van der Waals surface area contributed by atoms with Gasteiger partial charge >= 0.3 is 5.97 Å². The van der Waals surface area contributed by atoms with Crippen LogP contribution in [0.5, 0.6) is 0 Å². The molecule has 0 amide bonds. The van der Waals surface area contributed by atoms with Crippen molar-refractivity contribution < 1.29 is 9.53 Å². The summed E-state index contributed by atoms with van der Waals surface area (Å²) < 4.78 is 6.85. The normalized spacial score (nSPS) is 10.8. The van der Waals surface area contributed by atoms with Gasteiger partial charge in [0.15, 0.2) is 0 Å². The Hall–Kier alpha value is -2.62. The monoisotopic (exact) mass is 294 g/mol. The van der Waals surface area contributed by atoms with Gasteiger partial charge in [-0.2, -0.15) is 0 Å². The first kappa shape index (κ1) is 14.3. The minimum absolute atomic E-state index is 0.188. The summed E-state index contributed by atoms with van der Waals surface area (Å²) in [5, 5.41) is 1.22. The zero-order valence-corrected chi connectivity index (χ0v) is 12.5. The Labute approximate surface area is 129 Å². The molecule has 0 aliphatic rings. The van der Waals surface area contributed by atoms with Crippen molar-refractivity contribution in [3.63, 3.8) is 0 Å². The van der Waals surface area contributed by atoms with Crippen molar-refractivity contribution in [1.29, 1.82) is 0 Å². The fraction of sp³-hybridized carbons (Fsp3) is 0.222. The van der Waals surface area contributed by atoms with Crippen LogP contribution in [-0.4, -0.2) is 22.6 Å². The van der Waals surface area contributed by atoms with Crippen molar-refractivity contribution in [2.45, 2.75) is 19.4 Å². The van der Waals surface area contributed by atoms with E-state index in [1.807, 2.05) is 24.4 Å². The Morgan fingerprint density at radius 3 is 2.86 bits per heavy atom. The molecule has 0 aliphatic carbocycles. The van der Waals surface area contributed by atoms with Crippen LogP contribution in [0.1, 0.15) is 17.5 Å². The molecule has 0 fully saturated rings. The van der Waals surface area contributed by atoms with E-state index in [4.69, 9.17) is 4.74 Å². The van der Waals surface area contributed by atoms with Crippen molar-refractivity contribution in [2.24, 2.45) is 0 Å². The lowest BCUT2D eigenvalue weighted by Crippen LogP contribution is -2.06. The molecule has 112 valence electrons. The molecule has 3 rings (SSSR count). The molecule has 0 bridgehead atoms. The van der Waals surface area contributed by atoms with Crippen LogP contribution in [0, 0.1) is 0 Å². The molecule has 0 spiro atoms. The van der Waals surface area contributed by atoms with Crippen molar-refractivity contribution in [3.8, 4) is 0 Å². The van der Waals surface area contributed by atoms with Gasteiger partial charge in [0, 0.05) is 42.5 Å². The van der Waals surface area contributed by atoms with Crippen molar-refractivity contribution >= 4 is 16.9 Å². The van der Waals surface area contributed by atoms with Gasteiger partial charge in [0.05, 0.1) is 13.5 Å². The summed E-state index contributed by atoms with van der Waals surface area (Å²) in [4.78, 5) is 15.5. The van der Waals surface area contributed by atoms with E-state index >= 15 is 0 Å². The van der Waals surface area contributed by atoms with E-state index in [1.165, 1.54) is 23.6 Å². The van der Waals surface area contributed by atoms with E-state index in [0.29, 0.717) is 13.0 Å². The smallest absolute Gasteiger partial charge is 0.307 e. The Kier molecular flexibility index (Phi) is 4.19. The number of carbonyl (C=O) groups is 1. The van der Waals surface area contributed by atoms with E-state index < -0.39 is 0 Å². The van der Waals surface area contributed by atoms with Gasteiger partial charge in [-0.1, -0.05) is 24.3 Å². The molecule has 2 aromatic heterocycles. The number of ether oxygens (including phenoxy) is 1. The maximum atomic E-state index is 11.4. The van der Waals surface area contributed by atoms with Gasteiger partial charge in [0.25, 0.3) is 0 Å². The molecule has 0 N–H and O–H groups in total. The van der Waals surface area contributed by atoms with Gasteiger partial charge in [-0.3, -0.25) is 9.78 Å². The van der Waals surface area contributed by atoms with Crippen molar-refractivity contribution in [2.75, 3.05) is 7.11 Å². The zero-order valence-electron chi connectivity index (χ0n) is 12.5. The number of pyridine rings is 1. The molecule has 0 saturated carbocycles. The lowest BCUT2D eigenvalue weighted by molar-refractivity contribution is -0.140. The molecular formula is C18H18N2O2. The number of nitrogens with zero attached hydrogens (tertiary/aromatic N) is 2. The van der Waals surface area contributed by atoms with Crippen LogP contribution >= 0.6 is 0 Å². The van der Waals surface area contributed by atoms with Crippen molar-refractivity contribution in [3.05, 3.63) is 66.1 Å². The van der Waals surface area contributed by atoms with E-state index in [-0.39, 0.29) is 5.97 Å². The highest BCUT2D eigenvalue weighted by molar-refractivity contribution is 5.84. The first-order valence-electron chi connectivity index (χ1n) is 7.30. The van der Waals surface area contributed by atoms with Gasteiger partial charge in [0.2, 0.25) is 0 Å². The van der Waals surface area contributed by atoms with Gasteiger partial charge in [-0.15, -0.1) is 0 Å². The number of esters is 1. The summed E-state index contributed by atoms with van der Waals surface area (Å²) in [6.45, 7) is 0.625. The first-order valence-corrected chi connectivity index (χ1v) is 7.30. The summed E-state index contributed by atoms with van der Waals surface area (Å²) in [5.74, 6) is -0.188. The Bertz CT molecular complexity index is 778. The Morgan fingerprint density at radius 1 is 1.23 bits per heavy atom. The number of aryl methyl sites for hydroxylation is 1. The zero-order chi connectivity index (χ0) is 15.4. The van der Waals surface area contributed by atoms with E-state index in [2.05, 4.69) is 33.9 Å². The predicted molar refractivity (Wildman–Crippen MR) is 85.6 cm³/mol. The number of hydrogen-bond acceptors (Lipinski definition) is 3. The highest BCUT2D eigenvalue weighted by atomic mass is 16.5. The van der Waals surface area contributed by atoms with E-state index in [0.717, 1.165) is 11.9 Å². The minimum Gasteiger partial charge on any atom is -0.469 e. The highest BCUT2D eigenvalue weighted by Gasteiger charge is 2.10. The Balaban J connectivity index is 1.92. The predicted octanol–water partition coefficient (Wildman–Crippen LogP) is 3.19. The topological polar surface area (TPSA) is 44.1 Å². The third-order valence-electron chi connectivity index (χ3n) is 3.77. The third-order valence-corrected chi connectivity index (χ3v) is 3.77. The van der Waals surface area contributed by atoms with Crippen LogP contribution in [0.2, 0.25) is 0 Å². The summed E-state index contributed by atoms with van der Waals surface area (Å²) in [7, 11) is 1.42. The molecule has 0 atom stereocenters. The largest absolute Gasteiger partial charge is 0.469 e. The molecule has 4 nitrogen and oxygen atoms in total. The number of benzene rings is 1. The fourth-order valence-electron chi connectivity index (χ4n) is 2.69. The molecule has 4 heteroatoms. The summed E-state index contributed by atoms with van der Waals surface area (Å²) in [6, 6.07) is 12.3. The Morgan fingerprint density at radius 2 is 2.09 bits per heavy atom. The molecule has 0 radical (unpaired) electrons. The number of methoxy groups -OCH3 is 1. The molecule has 2 heterocycles. The fourth-order valence-corrected chi connectivity index (χ4v) is 2.69. The molecule has 1 aromatic carbocycles. The number of rotatable bonds is 5. The quantitative estimate of drug-likeness (QED) is 0.679. The van der Waals surface area contributed by atoms with Gasteiger partial charge < -0.3 is 9.30 Å². The molecule has 3 aromatic rings. The SMILES string of the molecule is COC(=O)CCn1cc(Cc2cccnc2)c2ccccc21. The molecule has 0 unspecified atom stereocenters. The summed E-state index contributed by atoms with van der Waals surface area (Å²) in [5.41, 5.74) is 3.57. The molecule has 22 heavy (non-hydrogen) atoms. The first-order chi connectivity index (χ1) is 10.8. The van der Waals surface area contributed by atoms with E-state index in [1.54, 1.807) is 6.20 Å². The van der Waals surface area contributed by atoms with E-state index in [9.17, 15) is 4.79 Å². The van der Waals surface area contributed by atoms with Crippen LogP contribution < -0.4 is 0 Å². The number of carbonyl (C=O) groups excluding carboxylic acids is 1. The second-order valence-electron chi connectivity index (χ2n) is 5.23. The number of aromatic nitrogens is 2. The summed E-state index contributed by atoms with van der Waals surface area (Å²) >= 11 is 0. The van der Waals surface area contributed by atoms with Crippen LogP contribution in [0.15, 0.2) is 55.0 Å². The third kappa shape index (κ3) is 3.01. The average molecular weight is 294 g/mol. The minimum atomic E-state index is -0.188. The van der Waals surface area contributed by atoms with Crippen LogP contribution in [-0.2, 0) is 22.5 Å².